The van der Waals surface area contributed by atoms with Crippen molar-refractivity contribution in [2.24, 2.45) is 0 Å². The smallest absolute Gasteiger partial charge is 0.393 e. The summed E-state index contributed by atoms with van der Waals surface area (Å²) in [5.74, 6) is -0.850. The normalized spacial score (nSPS) is 10.4. The minimum atomic E-state index is -1.25. The first-order chi connectivity index (χ1) is 6.66. The van der Waals surface area contributed by atoms with E-state index in [2.05, 4.69) is 10.2 Å². The monoisotopic (exact) mass is 194 g/mol. The third kappa shape index (κ3) is 1.37. The summed E-state index contributed by atoms with van der Waals surface area (Å²) in [5, 5.41) is 15.4. The van der Waals surface area contributed by atoms with Gasteiger partial charge in [0, 0.05) is 0 Å². The van der Waals surface area contributed by atoms with Crippen molar-refractivity contribution >= 4 is 5.97 Å². The zero-order chi connectivity index (χ0) is 10.1. The fraction of sp³-hybridized carbons (Fsp3) is 0.125. The van der Waals surface area contributed by atoms with E-state index in [-0.39, 0.29) is 5.89 Å². The Morgan fingerprint density at radius 3 is 2.79 bits per heavy atom. The second-order valence-electron chi connectivity index (χ2n) is 2.66. The van der Waals surface area contributed by atoms with Crippen molar-refractivity contribution in [3.63, 3.8) is 0 Å². The zero-order valence-corrected chi connectivity index (χ0v) is 7.22. The van der Waals surface area contributed by atoms with Crippen molar-refractivity contribution in [2.75, 3.05) is 0 Å². The molecule has 14 heavy (non-hydrogen) atoms. The molecule has 0 radical (unpaired) electrons. The summed E-state index contributed by atoms with van der Waals surface area (Å²) in [4.78, 5) is 10.4. The number of hydrogen-bond donors (Lipinski definition) is 1. The SMILES string of the molecule is Cc1cc(-c2nnc(C(=O)O)o2)co1. The van der Waals surface area contributed by atoms with Crippen molar-refractivity contribution in [3.8, 4) is 11.5 Å². The summed E-state index contributed by atoms with van der Waals surface area (Å²) in [6, 6.07) is 1.68. The van der Waals surface area contributed by atoms with Crippen LogP contribution in [0, 0.1) is 6.92 Å². The quantitative estimate of drug-likeness (QED) is 0.775. The molecule has 0 atom stereocenters. The van der Waals surface area contributed by atoms with Gasteiger partial charge in [-0.15, -0.1) is 10.2 Å². The summed E-state index contributed by atoms with van der Waals surface area (Å²) in [6.07, 6.45) is 1.43. The Bertz CT molecular complexity index is 471. The Hall–Kier alpha value is -2.11. The molecular formula is C8H6N2O4. The second kappa shape index (κ2) is 2.99. The fourth-order valence-corrected chi connectivity index (χ4v) is 0.982. The van der Waals surface area contributed by atoms with Gasteiger partial charge in [0.15, 0.2) is 0 Å². The van der Waals surface area contributed by atoms with E-state index in [1.165, 1.54) is 6.26 Å². The molecule has 0 aromatic carbocycles. The van der Waals surface area contributed by atoms with Crippen LogP contribution in [0.5, 0.6) is 0 Å². The van der Waals surface area contributed by atoms with Crippen LogP contribution < -0.4 is 0 Å². The Kier molecular flexibility index (Phi) is 1.81. The Morgan fingerprint density at radius 2 is 2.29 bits per heavy atom. The number of nitrogens with zero attached hydrogens (tertiary/aromatic N) is 2. The van der Waals surface area contributed by atoms with Crippen LogP contribution >= 0.6 is 0 Å². The summed E-state index contributed by atoms with van der Waals surface area (Å²) in [5.41, 5.74) is 0.572. The Labute approximate surface area is 78.2 Å². The van der Waals surface area contributed by atoms with Crippen molar-refractivity contribution in [2.45, 2.75) is 6.92 Å². The number of carboxylic acid groups (broad SMARTS) is 1. The molecule has 6 nitrogen and oxygen atoms in total. The van der Waals surface area contributed by atoms with Gasteiger partial charge in [-0.2, -0.15) is 0 Å². The van der Waals surface area contributed by atoms with E-state index in [0.29, 0.717) is 11.3 Å². The highest BCUT2D eigenvalue weighted by Crippen LogP contribution is 2.20. The molecular weight excluding hydrogens is 188 g/mol. The number of rotatable bonds is 2. The fourth-order valence-electron chi connectivity index (χ4n) is 0.982. The Morgan fingerprint density at radius 1 is 1.50 bits per heavy atom. The van der Waals surface area contributed by atoms with Gasteiger partial charge in [-0.1, -0.05) is 0 Å². The minimum absolute atomic E-state index is 0.138. The van der Waals surface area contributed by atoms with E-state index in [4.69, 9.17) is 13.9 Å². The average molecular weight is 194 g/mol. The summed E-state index contributed by atoms with van der Waals surface area (Å²) >= 11 is 0. The van der Waals surface area contributed by atoms with Crippen LogP contribution in [0.3, 0.4) is 0 Å². The molecule has 1 N–H and O–H groups in total. The lowest BCUT2D eigenvalue weighted by Gasteiger charge is -1.83. The molecule has 0 aliphatic carbocycles. The number of aromatic carboxylic acids is 1. The number of aromatic nitrogens is 2. The number of hydrogen-bond acceptors (Lipinski definition) is 5. The van der Waals surface area contributed by atoms with Gasteiger partial charge >= 0.3 is 11.9 Å². The van der Waals surface area contributed by atoms with E-state index < -0.39 is 11.9 Å². The van der Waals surface area contributed by atoms with Gasteiger partial charge in [-0.3, -0.25) is 0 Å². The predicted octanol–water partition coefficient (Wildman–Crippen LogP) is 1.34. The van der Waals surface area contributed by atoms with Crippen LogP contribution in [0.25, 0.3) is 11.5 Å². The largest absolute Gasteiger partial charge is 0.474 e. The molecule has 0 spiro atoms. The summed E-state index contributed by atoms with van der Waals surface area (Å²) in [7, 11) is 0. The maximum Gasteiger partial charge on any atom is 0.393 e. The number of carboxylic acids is 1. The van der Waals surface area contributed by atoms with E-state index in [0.717, 1.165) is 0 Å². The Balaban J connectivity index is 2.38. The van der Waals surface area contributed by atoms with Crippen LogP contribution in [0.1, 0.15) is 16.4 Å². The lowest BCUT2D eigenvalue weighted by atomic mass is 10.3. The first-order valence-corrected chi connectivity index (χ1v) is 3.79. The van der Waals surface area contributed by atoms with Gasteiger partial charge in [-0.25, -0.2) is 4.79 Å². The van der Waals surface area contributed by atoms with Gasteiger partial charge < -0.3 is 13.9 Å². The van der Waals surface area contributed by atoms with Crippen LogP contribution in [0.2, 0.25) is 0 Å². The van der Waals surface area contributed by atoms with Gasteiger partial charge in [0.1, 0.15) is 12.0 Å². The molecule has 0 aliphatic rings. The van der Waals surface area contributed by atoms with Gasteiger partial charge in [0.2, 0.25) is 0 Å². The molecule has 0 bridgehead atoms. The predicted molar refractivity (Wildman–Crippen MR) is 43.7 cm³/mol. The first-order valence-electron chi connectivity index (χ1n) is 3.79. The molecule has 0 amide bonds. The molecule has 0 unspecified atom stereocenters. The molecule has 72 valence electrons. The maximum absolute atomic E-state index is 10.4. The second-order valence-corrected chi connectivity index (χ2v) is 2.66. The van der Waals surface area contributed by atoms with Crippen molar-refractivity contribution in [1.82, 2.24) is 10.2 Å². The van der Waals surface area contributed by atoms with Crippen molar-refractivity contribution in [1.29, 1.82) is 0 Å². The van der Waals surface area contributed by atoms with Gasteiger partial charge in [0.25, 0.3) is 5.89 Å². The third-order valence-corrected chi connectivity index (χ3v) is 1.59. The molecule has 0 saturated carbocycles. The lowest BCUT2D eigenvalue weighted by Crippen LogP contribution is -1.95. The number of aryl methyl sites for hydroxylation is 1. The zero-order valence-electron chi connectivity index (χ0n) is 7.22. The molecule has 0 saturated heterocycles. The highest BCUT2D eigenvalue weighted by atomic mass is 16.4. The topological polar surface area (TPSA) is 89.4 Å². The van der Waals surface area contributed by atoms with Gasteiger partial charge in [0.05, 0.1) is 5.56 Å². The average Bonchev–Trinajstić information content (AvgIpc) is 2.70. The molecule has 0 aliphatic heterocycles. The summed E-state index contributed by atoms with van der Waals surface area (Å²) < 4.78 is 9.88. The van der Waals surface area contributed by atoms with Crippen LogP contribution in [0.15, 0.2) is 21.2 Å². The highest BCUT2D eigenvalue weighted by Gasteiger charge is 2.15. The van der Waals surface area contributed by atoms with Crippen LogP contribution in [-0.2, 0) is 0 Å². The van der Waals surface area contributed by atoms with Crippen LogP contribution in [0.4, 0.5) is 0 Å². The van der Waals surface area contributed by atoms with Crippen molar-refractivity contribution < 1.29 is 18.7 Å². The van der Waals surface area contributed by atoms with E-state index in [1.54, 1.807) is 13.0 Å². The standard InChI is InChI=1S/C8H6N2O4/c1-4-2-5(3-13-4)6-9-10-7(14-6)8(11)12/h2-3H,1H3,(H,11,12). The van der Waals surface area contributed by atoms with E-state index in [1.807, 2.05) is 0 Å². The number of carbonyl (C=O) groups is 1. The molecule has 2 aromatic rings. The summed E-state index contributed by atoms with van der Waals surface area (Å²) in [6.45, 7) is 1.76. The number of furan rings is 1. The van der Waals surface area contributed by atoms with E-state index >= 15 is 0 Å². The lowest BCUT2D eigenvalue weighted by molar-refractivity contribution is 0.0654. The molecule has 6 heteroatoms. The highest BCUT2D eigenvalue weighted by molar-refractivity contribution is 5.82. The third-order valence-electron chi connectivity index (χ3n) is 1.59. The molecule has 2 rings (SSSR count). The minimum Gasteiger partial charge on any atom is -0.474 e. The van der Waals surface area contributed by atoms with Crippen LogP contribution in [-0.4, -0.2) is 21.3 Å². The van der Waals surface area contributed by atoms with Gasteiger partial charge in [-0.05, 0) is 13.0 Å². The first kappa shape index (κ1) is 8.49. The molecule has 2 aromatic heterocycles. The molecule has 2 heterocycles. The van der Waals surface area contributed by atoms with E-state index in [9.17, 15) is 4.79 Å². The maximum atomic E-state index is 10.4. The van der Waals surface area contributed by atoms with Crippen molar-refractivity contribution in [3.05, 3.63) is 24.0 Å². The molecule has 0 fully saturated rings.